The lowest BCUT2D eigenvalue weighted by Crippen LogP contribution is -2.42. The summed E-state index contributed by atoms with van der Waals surface area (Å²) >= 11 is 0. The highest BCUT2D eigenvalue weighted by molar-refractivity contribution is 6.67. The summed E-state index contributed by atoms with van der Waals surface area (Å²) in [7, 11) is -1.89. The summed E-state index contributed by atoms with van der Waals surface area (Å²) in [5, 5.41) is 0. The minimum absolute atomic E-state index is 0.795. The molecule has 4 heteroatoms. The van der Waals surface area contributed by atoms with Gasteiger partial charge in [0.25, 0.3) is 0 Å². The molecule has 0 aromatic carbocycles. The average molecular weight is 288 g/mol. The van der Waals surface area contributed by atoms with E-state index in [1.807, 2.05) is 0 Å². The Kier molecular flexibility index (Phi) is 8.95. The van der Waals surface area contributed by atoms with Gasteiger partial charge in [-0.15, -0.1) is 0 Å². The van der Waals surface area contributed by atoms with Crippen LogP contribution in [0.3, 0.4) is 0 Å². The van der Waals surface area contributed by atoms with E-state index in [-0.39, 0.29) is 0 Å². The van der Waals surface area contributed by atoms with Crippen molar-refractivity contribution >= 4 is 8.56 Å². The minimum Gasteiger partial charge on any atom is -0.394 e. The molecule has 1 saturated heterocycles. The first-order valence-corrected chi connectivity index (χ1v) is 10.5. The van der Waals surface area contributed by atoms with Crippen molar-refractivity contribution in [2.24, 2.45) is 0 Å². The number of nitrogens with zero attached hydrogens (tertiary/aromatic N) is 1. The predicted octanol–water partition coefficient (Wildman–Crippen LogP) is 3.79. The highest BCUT2D eigenvalue weighted by atomic mass is 28.4. The molecule has 0 atom stereocenters. The molecule has 3 nitrogen and oxygen atoms in total. The molecule has 0 amide bonds. The summed E-state index contributed by atoms with van der Waals surface area (Å²) in [6.45, 7) is 11.8. The fourth-order valence-electron chi connectivity index (χ4n) is 3.02. The molecule has 1 heterocycles. The van der Waals surface area contributed by atoms with Gasteiger partial charge < -0.3 is 13.8 Å². The van der Waals surface area contributed by atoms with Gasteiger partial charge in [-0.2, -0.15) is 0 Å². The molecular formula is C15H33NO2Si. The van der Waals surface area contributed by atoms with Gasteiger partial charge in [0.05, 0.1) is 0 Å². The molecule has 0 spiro atoms. The minimum atomic E-state index is -1.89. The van der Waals surface area contributed by atoms with Crippen LogP contribution in [-0.4, -0.2) is 46.3 Å². The lowest BCUT2D eigenvalue weighted by molar-refractivity contribution is 0.180. The molecule has 0 unspecified atom stereocenters. The van der Waals surface area contributed by atoms with E-state index in [0.29, 0.717) is 0 Å². The summed E-state index contributed by atoms with van der Waals surface area (Å²) in [5.41, 5.74) is 0. The van der Waals surface area contributed by atoms with Crippen LogP contribution in [0.25, 0.3) is 0 Å². The third-order valence-electron chi connectivity index (χ3n) is 4.08. The van der Waals surface area contributed by atoms with Gasteiger partial charge in [0, 0.05) is 13.2 Å². The Morgan fingerprint density at radius 3 is 1.95 bits per heavy atom. The largest absolute Gasteiger partial charge is 0.394 e. The second-order valence-electron chi connectivity index (χ2n) is 5.49. The van der Waals surface area contributed by atoms with Crippen molar-refractivity contribution in [2.45, 2.75) is 65.0 Å². The van der Waals surface area contributed by atoms with Gasteiger partial charge in [-0.25, -0.2) is 0 Å². The van der Waals surface area contributed by atoms with Gasteiger partial charge in [-0.05, 0) is 64.8 Å². The van der Waals surface area contributed by atoms with Crippen LogP contribution in [0.1, 0.15) is 52.9 Å². The summed E-state index contributed by atoms with van der Waals surface area (Å²) in [6, 6.07) is 2.23. The van der Waals surface area contributed by atoms with Gasteiger partial charge in [0.15, 0.2) is 0 Å². The van der Waals surface area contributed by atoms with E-state index >= 15 is 0 Å². The van der Waals surface area contributed by atoms with Gasteiger partial charge in [0.2, 0.25) is 0 Å². The zero-order valence-corrected chi connectivity index (χ0v) is 14.2. The Bertz CT molecular complexity index is 212. The maximum absolute atomic E-state index is 6.03. The molecular weight excluding hydrogens is 254 g/mol. The van der Waals surface area contributed by atoms with Gasteiger partial charge in [0.1, 0.15) is 0 Å². The van der Waals surface area contributed by atoms with Crippen molar-refractivity contribution in [3.05, 3.63) is 0 Å². The fourth-order valence-corrected chi connectivity index (χ4v) is 5.91. The van der Waals surface area contributed by atoms with Crippen LogP contribution in [0.5, 0.6) is 0 Å². The first-order valence-electron chi connectivity index (χ1n) is 8.26. The predicted molar refractivity (Wildman–Crippen MR) is 83.8 cm³/mol. The maximum atomic E-state index is 6.03. The highest BCUT2D eigenvalue weighted by Crippen LogP contribution is 2.21. The number of likely N-dealkylation sites (tertiary alicyclic amines) is 1. The lowest BCUT2D eigenvalue weighted by atomic mass is 10.2. The van der Waals surface area contributed by atoms with E-state index in [2.05, 4.69) is 25.7 Å². The first-order chi connectivity index (χ1) is 9.26. The molecule has 1 aliphatic rings. The fraction of sp³-hybridized carbons (Fsp3) is 1.00. The molecule has 0 N–H and O–H groups in total. The van der Waals surface area contributed by atoms with E-state index < -0.39 is 8.56 Å². The zero-order chi connectivity index (χ0) is 14.0. The number of hydrogen-bond acceptors (Lipinski definition) is 3. The smallest absolute Gasteiger partial charge is 0.337 e. The van der Waals surface area contributed by atoms with Crippen LogP contribution in [0.15, 0.2) is 0 Å². The molecule has 114 valence electrons. The number of rotatable bonds is 9. The summed E-state index contributed by atoms with van der Waals surface area (Å²) in [6.07, 6.45) is 6.84. The van der Waals surface area contributed by atoms with Crippen LogP contribution < -0.4 is 0 Å². The molecule has 1 aliphatic heterocycles. The van der Waals surface area contributed by atoms with E-state index in [1.165, 1.54) is 51.7 Å². The molecule has 0 saturated carbocycles. The van der Waals surface area contributed by atoms with E-state index in [9.17, 15) is 0 Å². The molecule has 1 rings (SSSR count). The average Bonchev–Trinajstić information content (AvgIpc) is 2.68. The first kappa shape index (κ1) is 17.1. The quantitative estimate of drug-likeness (QED) is 0.602. The van der Waals surface area contributed by atoms with Crippen LogP contribution >= 0.6 is 0 Å². The standard InChI is InChI=1S/C15H33NO2Si/c1-4-17-19(6-3,18-5-2)15-11-14-16-12-9-7-8-10-13-16/h4-15H2,1-3H3. The topological polar surface area (TPSA) is 21.7 Å². The Balaban J connectivity index is 2.33. The van der Waals surface area contributed by atoms with E-state index in [1.54, 1.807) is 0 Å². The van der Waals surface area contributed by atoms with Crippen molar-refractivity contribution in [3.63, 3.8) is 0 Å². The van der Waals surface area contributed by atoms with Crippen molar-refractivity contribution in [3.8, 4) is 0 Å². The molecule has 0 aromatic rings. The SMILES string of the molecule is CCO[Si](CC)(CCCN1CCCCCC1)OCC. The highest BCUT2D eigenvalue weighted by Gasteiger charge is 2.34. The molecule has 0 aromatic heterocycles. The second kappa shape index (κ2) is 9.92. The second-order valence-corrected chi connectivity index (χ2v) is 9.10. The normalized spacial score (nSPS) is 18.5. The third kappa shape index (κ3) is 6.39. The lowest BCUT2D eigenvalue weighted by Gasteiger charge is -2.30. The monoisotopic (exact) mass is 287 g/mol. The summed E-state index contributed by atoms with van der Waals surface area (Å²) < 4.78 is 12.1. The van der Waals surface area contributed by atoms with Gasteiger partial charge in [-0.1, -0.05) is 19.8 Å². The maximum Gasteiger partial charge on any atom is 0.337 e. The Morgan fingerprint density at radius 2 is 1.47 bits per heavy atom. The molecule has 0 bridgehead atoms. The Morgan fingerprint density at radius 1 is 0.895 bits per heavy atom. The van der Waals surface area contributed by atoms with Gasteiger partial charge >= 0.3 is 8.56 Å². The van der Waals surface area contributed by atoms with E-state index in [4.69, 9.17) is 8.85 Å². The number of hydrogen-bond donors (Lipinski definition) is 0. The summed E-state index contributed by atoms with van der Waals surface area (Å²) in [4.78, 5) is 2.64. The molecule has 19 heavy (non-hydrogen) atoms. The van der Waals surface area contributed by atoms with Crippen LogP contribution in [0, 0.1) is 0 Å². The van der Waals surface area contributed by atoms with Crippen LogP contribution in [0.4, 0.5) is 0 Å². The van der Waals surface area contributed by atoms with Crippen molar-refractivity contribution in [2.75, 3.05) is 32.8 Å². The zero-order valence-electron chi connectivity index (χ0n) is 13.2. The van der Waals surface area contributed by atoms with Crippen molar-refractivity contribution in [1.82, 2.24) is 4.90 Å². The molecule has 0 aliphatic carbocycles. The Hall–Kier alpha value is 0.0969. The summed E-state index contributed by atoms with van der Waals surface area (Å²) in [5.74, 6) is 0. The Labute approximate surface area is 120 Å². The molecule has 1 fully saturated rings. The van der Waals surface area contributed by atoms with Crippen molar-refractivity contribution < 1.29 is 8.85 Å². The van der Waals surface area contributed by atoms with Gasteiger partial charge in [-0.3, -0.25) is 0 Å². The van der Waals surface area contributed by atoms with Crippen molar-refractivity contribution in [1.29, 1.82) is 0 Å². The van der Waals surface area contributed by atoms with E-state index in [0.717, 1.165) is 25.3 Å². The third-order valence-corrected chi connectivity index (χ3v) is 7.91. The van der Waals surface area contributed by atoms with Crippen LogP contribution in [-0.2, 0) is 8.85 Å². The van der Waals surface area contributed by atoms with Crippen LogP contribution in [0.2, 0.25) is 12.1 Å². The molecule has 0 radical (unpaired) electrons.